The molecular formula is C24H30N2O5S. The first kappa shape index (κ1) is 21.7. The summed E-state index contributed by atoms with van der Waals surface area (Å²) in [5, 5.41) is 0. The molecule has 3 heterocycles. The Balaban J connectivity index is 1.20. The van der Waals surface area contributed by atoms with Crippen LogP contribution in [0.5, 0.6) is 5.75 Å². The Morgan fingerprint density at radius 3 is 2.69 bits per heavy atom. The van der Waals surface area contributed by atoms with Crippen molar-refractivity contribution in [2.24, 2.45) is 5.92 Å². The Bertz CT molecular complexity index is 1150. The summed E-state index contributed by atoms with van der Waals surface area (Å²) in [4.78, 5) is 15.1. The van der Waals surface area contributed by atoms with Crippen LogP contribution in [0, 0.1) is 5.92 Å². The smallest absolute Gasteiger partial charge is 0.227 e. The molecule has 3 aliphatic rings. The van der Waals surface area contributed by atoms with Crippen LogP contribution < -0.4 is 10.2 Å². The normalized spacial score (nSPS) is 25.1. The number of sulfonamides is 1. The van der Waals surface area contributed by atoms with Gasteiger partial charge in [-0.15, -0.1) is 0 Å². The first-order valence-corrected chi connectivity index (χ1v) is 13.2. The van der Waals surface area contributed by atoms with Crippen LogP contribution in [0.1, 0.15) is 55.0 Å². The number of ether oxygens (including phenoxy) is 1. The van der Waals surface area contributed by atoms with Gasteiger partial charge in [-0.05, 0) is 43.2 Å². The fourth-order valence-electron chi connectivity index (χ4n) is 5.18. The Morgan fingerprint density at radius 2 is 1.97 bits per heavy atom. The van der Waals surface area contributed by atoms with Crippen molar-refractivity contribution >= 4 is 10.0 Å². The third-order valence-corrected chi connectivity index (χ3v) is 8.54. The van der Waals surface area contributed by atoms with Crippen molar-refractivity contribution in [1.82, 2.24) is 9.21 Å². The molecule has 0 spiro atoms. The highest BCUT2D eigenvalue weighted by Crippen LogP contribution is 2.52. The molecule has 5 rings (SSSR count). The average molecular weight is 459 g/mol. The zero-order valence-corrected chi connectivity index (χ0v) is 19.4. The second-order valence-electron chi connectivity index (χ2n) is 9.38. The molecule has 172 valence electrons. The molecule has 1 aromatic carbocycles. The van der Waals surface area contributed by atoms with Crippen LogP contribution in [0.15, 0.2) is 45.8 Å². The van der Waals surface area contributed by atoms with E-state index < -0.39 is 10.0 Å². The van der Waals surface area contributed by atoms with Gasteiger partial charge in [-0.25, -0.2) is 12.7 Å². The predicted molar refractivity (Wildman–Crippen MR) is 121 cm³/mol. The summed E-state index contributed by atoms with van der Waals surface area (Å²) in [5.74, 6) is 1.70. The SMILES string of the molecule is C[C@@H](c1cc(=O)c(OCC2CCN(S(C)(=O)=O)CC2)co1)N1Cc2ccccc2C2C[C@H]21. The van der Waals surface area contributed by atoms with Crippen molar-refractivity contribution in [3.05, 3.63) is 63.7 Å². The van der Waals surface area contributed by atoms with Gasteiger partial charge in [0.1, 0.15) is 12.0 Å². The van der Waals surface area contributed by atoms with Gasteiger partial charge in [-0.2, -0.15) is 0 Å². The number of rotatable bonds is 6. The minimum Gasteiger partial charge on any atom is -0.486 e. The molecule has 0 radical (unpaired) electrons. The summed E-state index contributed by atoms with van der Waals surface area (Å²) in [7, 11) is -3.14. The quantitative estimate of drug-likeness (QED) is 0.662. The van der Waals surface area contributed by atoms with Gasteiger partial charge < -0.3 is 9.15 Å². The van der Waals surface area contributed by atoms with Gasteiger partial charge in [-0.1, -0.05) is 24.3 Å². The molecule has 2 fully saturated rings. The van der Waals surface area contributed by atoms with E-state index >= 15 is 0 Å². The molecule has 1 saturated heterocycles. The van der Waals surface area contributed by atoms with Crippen LogP contribution in [0.25, 0.3) is 0 Å². The van der Waals surface area contributed by atoms with E-state index in [1.807, 2.05) is 0 Å². The summed E-state index contributed by atoms with van der Waals surface area (Å²) in [6, 6.07) is 10.7. The molecule has 0 N–H and O–H groups in total. The standard InChI is InChI=1S/C24H30N2O5S/c1-16(26-13-18-5-3-4-6-19(18)20-11-21(20)26)23-12-22(27)24(15-31-23)30-14-17-7-9-25(10-8-17)32(2,28)29/h3-6,12,15-17,20-21H,7-11,13-14H2,1-2H3/t16-,20?,21+/m0/s1. The maximum atomic E-state index is 12.7. The largest absolute Gasteiger partial charge is 0.486 e. The molecule has 1 unspecified atom stereocenters. The predicted octanol–water partition coefficient (Wildman–Crippen LogP) is 3.12. The highest BCUT2D eigenvalue weighted by atomic mass is 32.2. The van der Waals surface area contributed by atoms with E-state index in [2.05, 4.69) is 36.1 Å². The molecule has 3 atom stereocenters. The molecule has 0 bridgehead atoms. The highest BCUT2D eigenvalue weighted by molar-refractivity contribution is 7.88. The second-order valence-corrected chi connectivity index (χ2v) is 11.4. The number of nitrogens with zero attached hydrogens (tertiary/aromatic N) is 2. The van der Waals surface area contributed by atoms with Crippen LogP contribution in [-0.2, 0) is 16.6 Å². The van der Waals surface area contributed by atoms with Crippen LogP contribution in [0.3, 0.4) is 0 Å². The average Bonchev–Trinajstić information content (AvgIpc) is 3.58. The molecule has 0 amide bonds. The number of hydrogen-bond acceptors (Lipinski definition) is 6. The van der Waals surface area contributed by atoms with Gasteiger partial charge in [0, 0.05) is 37.7 Å². The van der Waals surface area contributed by atoms with Gasteiger partial charge in [-0.3, -0.25) is 9.69 Å². The minimum absolute atomic E-state index is 0.0143. The van der Waals surface area contributed by atoms with Gasteiger partial charge in [0.05, 0.1) is 18.9 Å². The van der Waals surface area contributed by atoms with Crippen molar-refractivity contribution in [2.75, 3.05) is 26.0 Å². The molecule has 8 heteroatoms. The molecule has 7 nitrogen and oxygen atoms in total. The summed E-state index contributed by atoms with van der Waals surface area (Å²) in [5.41, 5.74) is 2.66. The van der Waals surface area contributed by atoms with Crippen molar-refractivity contribution in [2.45, 2.75) is 50.7 Å². The van der Waals surface area contributed by atoms with Crippen LogP contribution >= 0.6 is 0 Å². The van der Waals surface area contributed by atoms with Crippen LogP contribution in [-0.4, -0.2) is 49.6 Å². The lowest BCUT2D eigenvalue weighted by molar-refractivity contribution is 0.153. The lowest BCUT2D eigenvalue weighted by Gasteiger charge is -2.33. The molecule has 2 aliphatic heterocycles. The molecule has 2 aromatic rings. The summed E-state index contributed by atoms with van der Waals surface area (Å²) >= 11 is 0. The maximum absolute atomic E-state index is 12.7. The molecule has 32 heavy (non-hydrogen) atoms. The van der Waals surface area contributed by atoms with Gasteiger partial charge in [0.15, 0.2) is 0 Å². The van der Waals surface area contributed by atoms with E-state index in [0.29, 0.717) is 37.4 Å². The number of hydrogen-bond donors (Lipinski definition) is 0. The Morgan fingerprint density at radius 1 is 1.22 bits per heavy atom. The Kier molecular flexibility index (Phi) is 5.63. The summed E-state index contributed by atoms with van der Waals surface area (Å²) < 4.78 is 36.4. The summed E-state index contributed by atoms with van der Waals surface area (Å²) in [6.07, 6.45) is 5.29. The van der Waals surface area contributed by atoms with E-state index in [4.69, 9.17) is 9.15 Å². The third-order valence-electron chi connectivity index (χ3n) is 7.23. The number of piperidine rings is 1. The lowest BCUT2D eigenvalue weighted by Crippen LogP contribution is -2.39. The Labute approximate surface area is 189 Å². The van der Waals surface area contributed by atoms with Crippen molar-refractivity contribution in [1.29, 1.82) is 0 Å². The monoisotopic (exact) mass is 458 g/mol. The van der Waals surface area contributed by atoms with Crippen molar-refractivity contribution in [3.8, 4) is 5.75 Å². The molecule has 1 aliphatic carbocycles. The second kappa shape index (κ2) is 8.32. The van der Waals surface area contributed by atoms with E-state index in [9.17, 15) is 13.2 Å². The number of benzene rings is 1. The maximum Gasteiger partial charge on any atom is 0.227 e. The lowest BCUT2D eigenvalue weighted by atomic mass is 9.98. The number of fused-ring (bicyclic) bond motifs is 3. The first-order chi connectivity index (χ1) is 15.3. The summed E-state index contributed by atoms with van der Waals surface area (Å²) in [6.45, 7) is 4.35. The molecule has 1 aromatic heterocycles. The van der Waals surface area contributed by atoms with E-state index in [0.717, 1.165) is 25.8 Å². The fraction of sp³-hybridized carbons (Fsp3) is 0.542. The van der Waals surface area contributed by atoms with E-state index in [-0.39, 0.29) is 23.1 Å². The fourth-order valence-corrected chi connectivity index (χ4v) is 6.05. The topological polar surface area (TPSA) is 80.1 Å². The van der Waals surface area contributed by atoms with Crippen molar-refractivity contribution < 1.29 is 17.6 Å². The zero-order chi connectivity index (χ0) is 22.5. The van der Waals surface area contributed by atoms with Crippen LogP contribution in [0.4, 0.5) is 0 Å². The van der Waals surface area contributed by atoms with E-state index in [1.165, 1.54) is 28.0 Å². The minimum atomic E-state index is -3.14. The highest BCUT2D eigenvalue weighted by Gasteiger charge is 2.48. The van der Waals surface area contributed by atoms with Crippen LogP contribution in [0.2, 0.25) is 0 Å². The van der Waals surface area contributed by atoms with Crippen molar-refractivity contribution in [3.63, 3.8) is 0 Å². The Hall–Kier alpha value is -2.16. The first-order valence-electron chi connectivity index (χ1n) is 11.4. The zero-order valence-electron chi connectivity index (χ0n) is 18.6. The van der Waals surface area contributed by atoms with Gasteiger partial charge in [0.2, 0.25) is 21.2 Å². The molecular weight excluding hydrogens is 428 g/mol. The third kappa shape index (κ3) is 4.23. The van der Waals surface area contributed by atoms with Gasteiger partial charge in [0.25, 0.3) is 0 Å². The van der Waals surface area contributed by atoms with E-state index in [1.54, 1.807) is 6.07 Å². The molecule has 1 saturated carbocycles. The van der Waals surface area contributed by atoms with Gasteiger partial charge >= 0.3 is 0 Å².